The molecule has 0 aliphatic carbocycles. The molecule has 0 bridgehead atoms. The molecule has 0 atom stereocenters. The average Bonchev–Trinajstić information content (AvgIpc) is 1.82. The van der Waals surface area contributed by atoms with E-state index < -0.39 is 11.7 Å². The Bertz CT molecular complexity index is 107. The van der Waals surface area contributed by atoms with Gasteiger partial charge >= 0.3 is 5.95 Å². The number of hydrogen-bond donors (Lipinski definition) is 3. The molecule has 0 fully saturated rings. The summed E-state index contributed by atoms with van der Waals surface area (Å²) in [5, 5.41) is 25.0. The summed E-state index contributed by atoms with van der Waals surface area (Å²) in [5.74, 6) is -1.02. The maximum Gasteiger partial charge on any atom is 0.313 e. The minimum absolute atomic E-state index is 0.214. The monoisotopic (exact) mass is 152 g/mol. The van der Waals surface area contributed by atoms with Crippen molar-refractivity contribution in [3.05, 3.63) is 11.7 Å². The van der Waals surface area contributed by atoms with Gasteiger partial charge in [-0.15, -0.1) is 11.6 Å². The first-order valence-electron chi connectivity index (χ1n) is 2.54. The highest BCUT2D eigenvalue weighted by Crippen LogP contribution is 2.03. The Labute approximate surface area is 58.2 Å². The Morgan fingerprint density at radius 3 is 2.11 bits per heavy atom. The van der Waals surface area contributed by atoms with E-state index in [0.717, 1.165) is 0 Å². The number of alkyl halides is 1. The van der Waals surface area contributed by atoms with Crippen LogP contribution >= 0.6 is 11.6 Å². The van der Waals surface area contributed by atoms with Crippen molar-refractivity contribution < 1.29 is 15.3 Å². The second kappa shape index (κ2) is 4.32. The molecule has 3 nitrogen and oxygen atoms in total. The summed E-state index contributed by atoms with van der Waals surface area (Å²) in [6.45, 7) is 0. The molecule has 4 heteroatoms. The lowest BCUT2D eigenvalue weighted by Gasteiger charge is -1.95. The van der Waals surface area contributed by atoms with Gasteiger partial charge in [0.15, 0.2) is 5.76 Å². The maximum absolute atomic E-state index is 8.58. The lowest BCUT2D eigenvalue weighted by atomic mass is 10.3. The summed E-state index contributed by atoms with van der Waals surface area (Å²) < 4.78 is 0. The van der Waals surface area contributed by atoms with Crippen LogP contribution in [0.4, 0.5) is 0 Å². The van der Waals surface area contributed by atoms with Crippen LogP contribution in [0, 0.1) is 0 Å². The lowest BCUT2D eigenvalue weighted by molar-refractivity contribution is 0.154. The standard InChI is InChI=1S/C5H9ClO3/c6-3-1-2-4(7)5(8)9/h7-9H,1-3H2. The molecule has 0 saturated carbocycles. The molecule has 0 rings (SSSR count). The van der Waals surface area contributed by atoms with Crippen LogP contribution in [-0.2, 0) is 0 Å². The predicted molar refractivity (Wildman–Crippen MR) is 34.9 cm³/mol. The Morgan fingerprint density at radius 2 is 1.78 bits per heavy atom. The van der Waals surface area contributed by atoms with E-state index in [1.165, 1.54) is 0 Å². The lowest BCUT2D eigenvalue weighted by Crippen LogP contribution is -1.89. The van der Waals surface area contributed by atoms with Crippen molar-refractivity contribution in [2.75, 3.05) is 5.88 Å². The maximum atomic E-state index is 8.58. The summed E-state index contributed by atoms with van der Waals surface area (Å²) in [6.07, 6.45) is 0.754. The molecule has 9 heavy (non-hydrogen) atoms. The van der Waals surface area contributed by atoms with Gasteiger partial charge in [-0.1, -0.05) is 0 Å². The summed E-state index contributed by atoms with van der Waals surface area (Å²) >= 11 is 5.25. The van der Waals surface area contributed by atoms with Gasteiger partial charge in [-0.05, 0) is 6.42 Å². The van der Waals surface area contributed by atoms with Gasteiger partial charge in [0.1, 0.15) is 0 Å². The molecule has 0 aliphatic rings. The van der Waals surface area contributed by atoms with Crippen molar-refractivity contribution >= 4 is 11.6 Å². The summed E-state index contributed by atoms with van der Waals surface area (Å²) in [7, 11) is 0. The summed E-state index contributed by atoms with van der Waals surface area (Å²) in [5.41, 5.74) is 0. The molecule has 0 amide bonds. The van der Waals surface area contributed by atoms with Crippen LogP contribution in [-0.4, -0.2) is 21.2 Å². The van der Waals surface area contributed by atoms with E-state index in [9.17, 15) is 0 Å². The van der Waals surface area contributed by atoms with Crippen molar-refractivity contribution in [1.82, 2.24) is 0 Å². The van der Waals surface area contributed by atoms with E-state index in [1.54, 1.807) is 0 Å². The van der Waals surface area contributed by atoms with E-state index in [4.69, 9.17) is 26.9 Å². The predicted octanol–water partition coefficient (Wildman–Crippen LogP) is 1.85. The molecular weight excluding hydrogens is 144 g/mol. The Hall–Kier alpha value is -0.570. The Balaban J connectivity index is 3.50. The third kappa shape index (κ3) is 3.97. The smallest absolute Gasteiger partial charge is 0.313 e. The van der Waals surface area contributed by atoms with E-state index in [1.807, 2.05) is 0 Å². The Morgan fingerprint density at radius 1 is 1.22 bits per heavy atom. The van der Waals surface area contributed by atoms with Gasteiger partial charge < -0.3 is 15.3 Å². The normalized spacial score (nSPS) is 9.00. The van der Waals surface area contributed by atoms with Gasteiger partial charge in [0.2, 0.25) is 0 Å². The zero-order chi connectivity index (χ0) is 7.28. The Kier molecular flexibility index (Phi) is 4.05. The number of aliphatic hydroxyl groups is 3. The fraction of sp³-hybridized carbons (Fsp3) is 0.600. The van der Waals surface area contributed by atoms with Crippen LogP contribution in [0.1, 0.15) is 12.8 Å². The molecule has 3 N–H and O–H groups in total. The van der Waals surface area contributed by atoms with Gasteiger partial charge in [0.25, 0.3) is 0 Å². The van der Waals surface area contributed by atoms with Crippen molar-refractivity contribution in [3.8, 4) is 0 Å². The zero-order valence-corrected chi connectivity index (χ0v) is 5.60. The molecule has 54 valence electrons. The van der Waals surface area contributed by atoms with Crippen LogP contribution in [0.25, 0.3) is 0 Å². The largest absolute Gasteiger partial charge is 0.506 e. The summed E-state index contributed by atoms with van der Waals surface area (Å²) in [6, 6.07) is 0. The minimum atomic E-state index is -1.01. The highest BCUT2D eigenvalue weighted by Gasteiger charge is 1.98. The first-order valence-corrected chi connectivity index (χ1v) is 3.08. The van der Waals surface area contributed by atoms with Crippen molar-refractivity contribution in [1.29, 1.82) is 0 Å². The summed E-state index contributed by atoms with van der Waals surface area (Å²) in [4.78, 5) is 0. The van der Waals surface area contributed by atoms with Crippen LogP contribution in [0.5, 0.6) is 0 Å². The molecule has 0 aromatic heterocycles. The van der Waals surface area contributed by atoms with Crippen LogP contribution in [0.2, 0.25) is 0 Å². The number of halogens is 1. The quantitative estimate of drug-likeness (QED) is 0.427. The molecule has 0 radical (unpaired) electrons. The fourth-order valence-corrected chi connectivity index (χ4v) is 0.480. The number of allylic oxidation sites excluding steroid dienone is 1. The molecular formula is C5H9ClO3. The third-order valence-electron chi connectivity index (χ3n) is 0.805. The van der Waals surface area contributed by atoms with E-state index in [2.05, 4.69) is 0 Å². The highest BCUT2D eigenvalue weighted by molar-refractivity contribution is 6.17. The molecule has 0 aromatic rings. The second-order valence-corrected chi connectivity index (χ2v) is 1.94. The average molecular weight is 153 g/mol. The molecule has 0 saturated heterocycles. The zero-order valence-electron chi connectivity index (χ0n) is 4.84. The molecule has 0 unspecified atom stereocenters. The van der Waals surface area contributed by atoms with Crippen LogP contribution in [0.15, 0.2) is 11.7 Å². The fourth-order valence-electron chi connectivity index (χ4n) is 0.346. The SMILES string of the molecule is OC(O)=C(O)CCCCl. The van der Waals surface area contributed by atoms with Crippen LogP contribution in [0.3, 0.4) is 0 Å². The first-order chi connectivity index (χ1) is 4.18. The van der Waals surface area contributed by atoms with Gasteiger partial charge in [0.05, 0.1) is 0 Å². The number of hydrogen-bond acceptors (Lipinski definition) is 3. The highest BCUT2D eigenvalue weighted by atomic mass is 35.5. The second-order valence-electron chi connectivity index (χ2n) is 1.56. The molecule has 0 aliphatic heterocycles. The van der Waals surface area contributed by atoms with Crippen molar-refractivity contribution in [2.45, 2.75) is 12.8 Å². The van der Waals surface area contributed by atoms with E-state index >= 15 is 0 Å². The van der Waals surface area contributed by atoms with Gasteiger partial charge in [-0.25, -0.2) is 0 Å². The third-order valence-corrected chi connectivity index (χ3v) is 1.07. The molecule has 0 aromatic carbocycles. The number of aliphatic hydroxyl groups excluding tert-OH is 2. The van der Waals surface area contributed by atoms with Crippen molar-refractivity contribution in [2.24, 2.45) is 0 Å². The van der Waals surface area contributed by atoms with Crippen molar-refractivity contribution in [3.63, 3.8) is 0 Å². The number of rotatable bonds is 3. The van der Waals surface area contributed by atoms with Gasteiger partial charge in [-0.2, -0.15) is 0 Å². The topological polar surface area (TPSA) is 60.7 Å². The molecule has 0 spiro atoms. The molecule has 0 heterocycles. The van der Waals surface area contributed by atoms with Gasteiger partial charge in [0, 0.05) is 12.3 Å². The minimum Gasteiger partial charge on any atom is -0.506 e. The first kappa shape index (κ1) is 8.43. The van der Waals surface area contributed by atoms with Gasteiger partial charge in [-0.3, -0.25) is 0 Å². The van der Waals surface area contributed by atoms with E-state index in [-0.39, 0.29) is 6.42 Å². The van der Waals surface area contributed by atoms with Crippen LogP contribution < -0.4 is 0 Å². The van der Waals surface area contributed by atoms with E-state index in [0.29, 0.717) is 12.3 Å².